The zero-order valence-corrected chi connectivity index (χ0v) is 13.4. The molecule has 22 heavy (non-hydrogen) atoms. The highest BCUT2D eigenvalue weighted by atomic mass is 32.2. The van der Waals surface area contributed by atoms with Gasteiger partial charge in [-0.3, -0.25) is 4.79 Å². The molecule has 0 aromatic heterocycles. The largest absolute Gasteiger partial charge is 0.295 e. The second kappa shape index (κ2) is 5.44. The fraction of sp³-hybridized carbons (Fsp3) is 0.250. The number of benzene rings is 2. The normalized spacial score (nSPS) is 24.0. The maximum absolute atomic E-state index is 12.6. The first kappa shape index (κ1) is 13.8. The Morgan fingerprint density at radius 3 is 2.50 bits per heavy atom. The molecule has 0 saturated heterocycles. The Hall–Kier alpha value is -1.80. The van der Waals surface area contributed by atoms with Gasteiger partial charge in [-0.05, 0) is 41.2 Å². The number of Topliss-reactive ketones (excluding diaryl/α,β-unsaturated/α-hetero) is 1. The van der Waals surface area contributed by atoms with Crippen molar-refractivity contribution in [2.24, 2.45) is 5.92 Å². The van der Waals surface area contributed by atoms with Gasteiger partial charge in [0.1, 0.15) is 0 Å². The number of hydrogen-bond acceptors (Lipinski definition) is 2. The first-order valence-corrected chi connectivity index (χ1v) is 8.75. The van der Waals surface area contributed by atoms with Gasteiger partial charge in [0.15, 0.2) is 5.78 Å². The molecular weight excluding hydrogens is 288 g/mol. The van der Waals surface area contributed by atoms with Gasteiger partial charge in [-0.25, -0.2) is 0 Å². The molecular formula is C20H18OS. The summed E-state index contributed by atoms with van der Waals surface area (Å²) < 4.78 is 0. The van der Waals surface area contributed by atoms with E-state index in [-0.39, 0.29) is 0 Å². The Kier molecular flexibility index (Phi) is 3.42. The van der Waals surface area contributed by atoms with Crippen molar-refractivity contribution in [3.63, 3.8) is 0 Å². The molecule has 0 bridgehead atoms. The Morgan fingerprint density at radius 2 is 1.68 bits per heavy atom. The van der Waals surface area contributed by atoms with Crippen LogP contribution in [-0.4, -0.2) is 11.5 Å². The first-order chi connectivity index (χ1) is 10.8. The smallest absolute Gasteiger partial charge is 0.159 e. The maximum atomic E-state index is 12.6. The summed E-state index contributed by atoms with van der Waals surface area (Å²) >= 11 is 1.93. The average Bonchev–Trinajstić information content (AvgIpc) is 2.58. The Morgan fingerprint density at radius 1 is 0.955 bits per heavy atom. The van der Waals surface area contributed by atoms with Gasteiger partial charge >= 0.3 is 0 Å². The number of hydrogen-bond donors (Lipinski definition) is 0. The summed E-state index contributed by atoms with van der Waals surface area (Å²) in [5.74, 6) is 2.13. The molecule has 2 aromatic rings. The second-order valence-electron chi connectivity index (χ2n) is 6.10. The molecule has 4 rings (SSSR count). The van der Waals surface area contributed by atoms with Crippen LogP contribution >= 0.6 is 11.8 Å². The lowest BCUT2D eigenvalue weighted by atomic mass is 9.70. The summed E-state index contributed by atoms with van der Waals surface area (Å²) in [5, 5.41) is 0. The predicted molar refractivity (Wildman–Crippen MR) is 92.1 cm³/mol. The third kappa shape index (κ3) is 2.14. The van der Waals surface area contributed by atoms with Crippen LogP contribution in [0.15, 0.2) is 65.1 Å². The lowest BCUT2D eigenvalue weighted by Gasteiger charge is -2.38. The molecule has 0 N–H and O–H groups in total. The topological polar surface area (TPSA) is 17.1 Å². The molecule has 1 heterocycles. The fourth-order valence-corrected chi connectivity index (χ4v) is 5.04. The molecule has 2 atom stereocenters. The molecule has 0 saturated carbocycles. The Bertz CT molecular complexity index is 760. The average molecular weight is 306 g/mol. The summed E-state index contributed by atoms with van der Waals surface area (Å²) in [6, 6.07) is 19.0. The minimum absolute atomic E-state index is 0.307. The molecule has 1 nitrogen and oxygen atoms in total. The number of ketones is 1. The van der Waals surface area contributed by atoms with Crippen LogP contribution in [0.3, 0.4) is 0 Å². The first-order valence-electron chi connectivity index (χ1n) is 7.77. The summed E-state index contributed by atoms with van der Waals surface area (Å²) in [5.41, 5.74) is 4.84. The highest BCUT2D eigenvalue weighted by Gasteiger charge is 2.38. The van der Waals surface area contributed by atoms with Gasteiger partial charge in [-0.1, -0.05) is 48.5 Å². The monoisotopic (exact) mass is 306 g/mol. The minimum atomic E-state index is 0.307. The van der Waals surface area contributed by atoms with Crippen LogP contribution in [0.5, 0.6) is 0 Å². The van der Waals surface area contributed by atoms with E-state index in [1.165, 1.54) is 21.6 Å². The fourth-order valence-electron chi connectivity index (χ4n) is 3.77. The van der Waals surface area contributed by atoms with Crippen LogP contribution in [0.1, 0.15) is 30.4 Å². The molecule has 0 amide bonds. The van der Waals surface area contributed by atoms with Gasteiger partial charge in [0.25, 0.3) is 0 Å². The zero-order valence-electron chi connectivity index (χ0n) is 12.6. The van der Waals surface area contributed by atoms with Crippen molar-refractivity contribution in [1.29, 1.82) is 0 Å². The molecule has 2 aromatic carbocycles. The van der Waals surface area contributed by atoms with Gasteiger partial charge in [-0.2, -0.15) is 0 Å². The number of carbonyl (C=O) groups excluding carboxylic acids is 1. The molecule has 0 fully saturated rings. The quantitative estimate of drug-likeness (QED) is 0.742. The highest BCUT2D eigenvalue weighted by molar-refractivity contribution is 7.99. The number of carbonyl (C=O) groups is 1. The van der Waals surface area contributed by atoms with Crippen molar-refractivity contribution < 1.29 is 4.79 Å². The molecule has 0 spiro atoms. The number of fused-ring (bicyclic) bond motifs is 3. The van der Waals surface area contributed by atoms with Crippen molar-refractivity contribution in [3.8, 4) is 0 Å². The maximum Gasteiger partial charge on any atom is 0.159 e. The lowest BCUT2D eigenvalue weighted by Crippen LogP contribution is -2.29. The molecule has 0 radical (unpaired) electrons. The van der Waals surface area contributed by atoms with Crippen molar-refractivity contribution in [2.45, 2.75) is 24.2 Å². The van der Waals surface area contributed by atoms with Crippen molar-refractivity contribution in [1.82, 2.24) is 0 Å². The summed E-state index contributed by atoms with van der Waals surface area (Å²) in [6.45, 7) is 2.01. The molecule has 1 aliphatic carbocycles. The molecule has 2 aliphatic rings. The zero-order chi connectivity index (χ0) is 15.1. The third-order valence-corrected chi connectivity index (χ3v) is 6.10. The van der Waals surface area contributed by atoms with Gasteiger partial charge in [0.05, 0.1) is 0 Å². The standard InChI is InChI=1S/C20H18OS/c1-13-18(21)11-16(14-7-3-2-4-8-14)17-12-22-19-10-6-5-9-15(19)20(13)17/h2-10,16-17H,11-12H2,1H3/t16-,17-/m0/s1. The van der Waals surface area contributed by atoms with Gasteiger partial charge in [0, 0.05) is 23.0 Å². The highest BCUT2D eigenvalue weighted by Crippen LogP contribution is 2.51. The Labute approximate surface area is 135 Å². The number of thioether (sulfide) groups is 1. The summed E-state index contributed by atoms with van der Waals surface area (Å²) in [4.78, 5) is 13.9. The minimum Gasteiger partial charge on any atom is -0.295 e. The lowest BCUT2D eigenvalue weighted by molar-refractivity contribution is -0.116. The van der Waals surface area contributed by atoms with Crippen LogP contribution in [-0.2, 0) is 4.79 Å². The van der Waals surface area contributed by atoms with Gasteiger partial charge in [-0.15, -0.1) is 11.8 Å². The summed E-state index contributed by atoms with van der Waals surface area (Å²) in [7, 11) is 0. The van der Waals surface area contributed by atoms with E-state index in [4.69, 9.17) is 0 Å². The van der Waals surface area contributed by atoms with E-state index < -0.39 is 0 Å². The summed E-state index contributed by atoms with van der Waals surface area (Å²) in [6.07, 6.45) is 0.646. The molecule has 0 unspecified atom stereocenters. The van der Waals surface area contributed by atoms with Crippen LogP contribution in [0.2, 0.25) is 0 Å². The van der Waals surface area contributed by atoms with Crippen molar-refractivity contribution >= 4 is 23.1 Å². The van der Waals surface area contributed by atoms with Crippen molar-refractivity contribution in [2.75, 3.05) is 5.75 Å². The van der Waals surface area contributed by atoms with Crippen LogP contribution in [0.4, 0.5) is 0 Å². The van der Waals surface area contributed by atoms with E-state index in [0.29, 0.717) is 24.0 Å². The van der Waals surface area contributed by atoms with E-state index in [9.17, 15) is 4.79 Å². The van der Waals surface area contributed by atoms with E-state index >= 15 is 0 Å². The van der Waals surface area contributed by atoms with Crippen molar-refractivity contribution in [3.05, 3.63) is 71.3 Å². The molecule has 110 valence electrons. The Balaban J connectivity index is 1.86. The van der Waals surface area contributed by atoms with E-state index in [1.54, 1.807) is 0 Å². The van der Waals surface area contributed by atoms with Crippen LogP contribution < -0.4 is 0 Å². The van der Waals surface area contributed by atoms with Crippen LogP contribution in [0.25, 0.3) is 5.57 Å². The van der Waals surface area contributed by atoms with E-state index in [0.717, 1.165) is 11.3 Å². The molecule has 2 heteroatoms. The van der Waals surface area contributed by atoms with Gasteiger partial charge in [0.2, 0.25) is 0 Å². The predicted octanol–water partition coefficient (Wildman–Crippen LogP) is 4.94. The third-order valence-electron chi connectivity index (χ3n) is 4.91. The molecule has 1 aliphatic heterocycles. The number of rotatable bonds is 1. The second-order valence-corrected chi connectivity index (χ2v) is 7.16. The number of allylic oxidation sites excluding steroid dienone is 2. The SMILES string of the molecule is CC1=C2c3ccccc3SC[C@H]2[C@H](c2ccccc2)CC1=O. The van der Waals surface area contributed by atoms with Crippen LogP contribution in [0, 0.1) is 5.92 Å². The van der Waals surface area contributed by atoms with E-state index in [2.05, 4.69) is 48.5 Å². The van der Waals surface area contributed by atoms with E-state index in [1.807, 2.05) is 24.8 Å². The van der Waals surface area contributed by atoms with Gasteiger partial charge < -0.3 is 0 Å².